The van der Waals surface area contributed by atoms with Gasteiger partial charge in [-0.3, -0.25) is 19.7 Å². The Labute approximate surface area is 116 Å². The number of Topliss-reactive ketones (excluding diaryl/α,β-unsaturated/α-hetero) is 1. The number of carbonyl (C=O) groups excluding carboxylic acids is 2. The summed E-state index contributed by atoms with van der Waals surface area (Å²) in [5.41, 5.74) is 0.0990. The van der Waals surface area contributed by atoms with Crippen LogP contribution in [0, 0.1) is 10.1 Å². The molecule has 0 amide bonds. The molecule has 0 N–H and O–H groups in total. The highest BCUT2D eigenvalue weighted by Crippen LogP contribution is 2.15. The summed E-state index contributed by atoms with van der Waals surface area (Å²) in [5.74, 6) is -0.724. The van der Waals surface area contributed by atoms with Gasteiger partial charge in [0.25, 0.3) is 5.69 Å². The van der Waals surface area contributed by atoms with Gasteiger partial charge in [-0.2, -0.15) is 0 Å². The summed E-state index contributed by atoms with van der Waals surface area (Å²) in [7, 11) is 0. The van der Waals surface area contributed by atoms with Gasteiger partial charge in [-0.05, 0) is 6.42 Å². The average molecular weight is 279 g/mol. The van der Waals surface area contributed by atoms with Crippen LogP contribution in [0.3, 0.4) is 0 Å². The van der Waals surface area contributed by atoms with E-state index in [1.807, 2.05) is 6.92 Å². The lowest BCUT2D eigenvalue weighted by molar-refractivity contribution is -0.384. The second kappa shape index (κ2) is 8.04. The molecule has 1 rings (SSSR count). The number of hydrogen-bond acceptors (Lipinski definition) is 5. The standard InChI is InChI=1S/C14H17NO5/c1-2-3-9-20-14(17)8-7-13(16)11-5-4-6-12(10-11)15(18)19/h4-6,10H,2-3,7-9H2,1H3. The van der Waals surface area contributed by atoms with Crippen LogP contribution in [-0.2, 0) is 9.53 Å². The van der Waals surface area contributed by atoms with Gasteiger partial charge in [0.05, 0.1) is 18.0 Å². The Kier molecular flexibility index (Phi) is 6.36. The van der Waals surface area contributed by atoms with Crippen LogP contribution in [0.15, 0.2) is 24.3 Å². The van der Waals surface area contributed by atoms with Crippen LogP contribution < -0.4 is 0 Å². The van der Waals surface area contributed by atoms with Crippen molar-refractivity contribution in [3.05, 3.63) is 39.9 Å². The SMILES string of the molecule is CCCCOC(=O)CCC(=O)c1cccc([N+](=O)[O-])c1. The minimum atomic E-state index is -0.560. The van der Waals surface area contributed by atoms with Crippen LogP contribution in [0.25, 0.3) is 0 Å². The number of esters is 1. The molecular formula is C14H17NO5. The quantitative estimate of drug-likeness (QED) is 0.240. The highest BCUT2D eigenvalue weighted by molar-refractivity contribution is 5.98. The summed E-state index contributed by atoms with van der Waals surface area (Å²) < 4.78 is 4.93. The first-order valence-electron chi connectivity index (χ1n) is 6.48. The fourth-order valence-corrected chi connectivity index (χ4v) is 1.56. The molecule has 0 bridgehead atoms. The average Bonchev–Trinajstić information content (AvgIpc) is 2.45. The number of carbonyl (C=O) groups is 2. The second-order valence-electron chi connectivity index (χ2n) is 4.30. The van der Waals surface area contributed by atoms with Gasteiger partial charge < -0.3 is 4.74 Å². The van der Waals surface area contributed by atoms with Gasteiger partial charge in [-0.1, -0.05) is 25.5 Å². The molecular weight excluding hydrogens is 262 g/mol. The van der Waals surface area contributed by atoms with Gasteiger partial charge in [0.2, 0.25) is 0 Å². The van der Waals surface area contributed by atoms with E-state index >= 15 is 0 Å². The molecule has 0 radical (unpaired) electrons. The molecule has 6 heteroatoms. The highest BCUT2D eigenvalue weighted by atomic mass is 16.6. The van der Waals surface area contributed by atoms with Crippen molar-refractivity contribution in [2.24, 2.45) is 0 Å². The van der Waals surface area contributed by atoms with Gasteiger partial charge in [0.1, 0.15) is 0 Å². The first-order chi connectivity index (χ1) is 9.54. The van der Waals surface area contributed by atoms with E-state index < -0.39 is 10.9 Å². The van der Waals surface area contributed by atoms with Crippen LogP contribution in [0.1, 0.15) is 43.0 Å². The molecule has 0 aliphatic rings. The van der Waals surface area contributed by atoms with Crippen molar-refractivity contribution < 1.29 is 19.2 Å². The van der Waals surface area contributed by atoms with Crippen molar-refractivity contribution in [2.75, 3.05) is 6.61 Å². The monoisotopic (exact) mass is 279 g/mol. The maximum absolute atomic E-state index is 11.8. The third-order valence-corrected chi connectivity index (χ3v) is 2.70. The molecule has 0 saturated carbocycles. The Balaban J connectivity index is 2.48. The fraction of sp³-hybridized carbons (Fsp3) is 0.429. The number of hydrogen-bond donors (Lipinski definition) is 0. The van der Waals surface area contributed by atoms with E-state index in [9.17, 15) is 19.7 Å². The van der Waals surface area contributed by atoms with Gasteiger partial charge in [0.15, 0.2) is 5.78 Å². The van der Waals surface area contributed by atoms with Crippen LogP contribution in [-0.4, -0.2) is 23.3 Å². The lowest BCUT2D eigenvalue weighted by Crippen LogP contribution is -2.09. The molecule has 0 unspecified atom stereocenters. The van der Waals surface area contributed by atoms with E-state index in [0.717, 1.165) is 12.8 Å². The summed E-state index contributed by atoms with van der Waals surface area (Å²) in [6.07, 6.45) is 1.71. The molecule has 1 aromatic carbocycles. The minimum absolute atomic E-state index is 0.00781. The zero-order chi connectivity index (χ0) is 15.0. The number of nitro groups is 1. The molecule has 0 aliphatic heterocycles. The van der Waals surface area contributed by atoms with Crippen molar-refractivity contribution in [3.8, 4) is 0 Å². The van der Waals surface area contributed by atoms with E-state index in [2.05, 4.69) is 0 Å². The molecule has 0 heterocycles. The molecule has 0 saturated heterocycles. The summed E-state index contributed by atoms with van der Waals surface area (Å²) in [5, 5.41) is 10.6. The zero-order valence-electron chi connectivity index (χ0n) is 11.3. The number of ketones is 1. The first-order valence-corrected chi connectivity index (χ1v) is 6.48. The normalized spacial score (nSPS) is 10.1. The predicted octanol–water partition coefficient (Wildman–Crippen LogP) is 2.90. The van der Waals surface area contributed by atoms with Crippen molar-refractivity contribution in [2.45, 2.75) is 32.6 Å². The van der Waals surface area contributed by atoms with E-state index in [0.29, 0.717) is 6.61 Å². The Bertz CT molecular complexity index is 498. The molecule has 0 spiro atoms. The summed E-state index contributed by atoms with van der Waals surface area (Å²) in [4.78, 5) is 33.2. The van der Waals surface area contributed by atoms with E-state index in [4.69, 9.17) is 4.74 Å². The third-order valence-electron chi connectivity index (χ3n) is 2.70. The number of nitro benzene ring substituents is 1. The van der Waals surface area contributed by atoms with Crippen molar-refractivity contribution in [3.63, 3.8) is 0 Å². The van der Waals surface area contributed by atoms with Crippen molar-refractivity contribution in [1.29, 1.82) is 0 Å². The molecule has 0 atom stereocenters. The smallest absolute Gasteiger partial charge is 0.306 e. The molecule has 1 aromatic rings. The first kappa shape index (κ1) is 15.8. The Morgan fingerprint density at radius 3 is 2.70 bits per heavy atom. The van der Waals surface area contributed by atoms with Gasteiger partial charge >= 0.3 is 5.97 Å². The van der Waals surface area contributed by atoms with Crippen molar-refractivity contribution >= 4 is 17.4 Å². The minimum Gasteiger partial charge on any atom is -0.466 e. The Hall–Kier alpha value is -2.24. The Morgan fingerprint density at radius 1 is 1.30 bits per heavy atom. The summed E-state index contributed by atoms with van der Waals surface area (Å²) >= 11 is 0. The molecule has 108 valence electrons. The maximum atomic E-state index is 11.8. The molecule has 0 aromatic heterocycles. The predicted molar refractivity (Wildman–Crippen MR) is 72.5 cm³/mol. The molecule has 6 nitrogen and oxygen atoms in total. The second-order valence-corrected chi connectivity index (χ2v) is 4.30. The topological polar surface area (TPSA) is 86.5 Å². The van der Waals surface area contributed by atoms with Crippen LogP contribution >= 0.6 is 0 Å². The summed E-state index contributed by atoms with van der Waals surface area (Å²) in [6, 6.07) is 5.48. The number of non-ortho nitro benzene ring substituents is 1. The number of rotatable bonds is 8. The van der Waals surface area contributed by atoms with E-state index in [-0.39, 0.29) is 29.9 Å². The number of unbranched alkanes of at least 4 members (excludes halogenated alkanes) is 1. The number of ether oxygens (including phenoxy) is 1. The van der Waals surface area contributed by atoms with E-state index in [1.165, 1.54) is 24.3 Å². The van der Waals surface area contributed by atoms with Gasteiger partial charge in [0, 0.05) is 24.1 Å². The highest BCUT2D eigenvalue weighted by Gasteiger charge is 2.13. The zero-order valence-corrected chi connectivity index (χ0v) is 11.3. The molecule has 0 aliphatic carbocycles. The lowest BCUT2D eigenvalue weighted by atomic mass is 10.1. The van der Waals surface area contributed by atoms with Crippen LogP contribution in [0.2, 0.25) is 0 Å². The largest absolute Gasteiger partial charge is 0.466 e. The number of nitrogens with zero attached hydrogens (tertiary/aromatic N) is 1. The summed E-state index contributed by atoms with van der Waals surface area (Å²) in [6.45, 7) is 2.35. The maximum Gasteiger partial charge on any atom is 0.306 e. The molecule has 20 heavy (non-hydrogen) atoms. The molecule has 0 fully saturated rings. The van der Waals surface area contributed by atoms with Crippen LogP contribution in [0.4, 0.5) is 5.69 Å². The van der Waals surface area contributed by atoms with Gasteiger partial charge in [-0.25, -0.2) is 0 Å². The Morgan fingerprint density at radius 2 is 2.05 bits per heavy atom. The van der Waals surface area contributed by atoms with E-state index in [1.54, 1.807) is 0 Å². The van der Waals surface area contributed by atoms with Crippen LogP contribution in [0.5, 0.6) is 0 Å². The van der Waals surface area contributed by atoms with Crippen molar-refractivity contribution in [1.82, 2.24) is 0 Å². The van der Waals surface area contributed by atoms with Gasteiger partial charge in [-0.15, -0.1) is 0 Å². The fourth-order valence-electron chi connectivity index (χ4n) is 1.56. The third kappa shape index (κ3) is 5.17. The number of benzene rings is 1. The lowest BCUT2D eigenvalue weighted by Gasteiger charge is -2.03.